The van der Waals surface area contributed by atoms with E-state index < -0.39 is 27.5 Å². The number of rotatable bonds is 5. The number of benzene rings is 1. The maximum atomic E-state index is 12.5. The van der Waals surface area contributed by atoms with Gasteiger partial charge in [-0.25, -0.2) is 13.2 Å². The van der Waals surface area contributed by atoms with E-state index in [1.807, 2.05) is 30.3 Å². The molecule has 1 aliphatic heterocycles. The predicted molar refractivity (Wildman–Crippen MR) is 86.7 cm³/mol. The second-order valence-corrected chi connectivity index (χ2v) is 8.67. The third-order valence-corrected chi connectivity index (χ3v) is 5.76. The van der Waals surface area contributed by atoms with Crippen LogP contribution in [0, 0.1) is 0 Å². The number of aliphatic hydroxyl groups is 1. The Hall–Kier alpha value is -1.60. The van der Waals surface area contributed by atoms with E-state index in [0.29, 0.717) is 6.42 Å². The molecular weight excluding hydrogens is 318 g/mol. The van der Waals surface area contributed by atoms with Gasteiger partial charge in [-0.15, -0.1) is 0 Å². The molecule has 2 rings (SSSR count). The second kappa shape index (κ2) is 6.88. The molecule has 1 N–H and O–H groups in total. The number of nitrogens with zero attached hydrogens (tertiary/aromatic N) is 1. The summed E-state index contributed by atoms with van der Waals surface area (Å²) in [5.74, 6) is -0.0293. The number of hydrogen-bond acceptors (Lipinski definition) is 5. The first-order chi connectivity index (χ1) is 10.7. The van der Waals surface area contributed by atoms with Crippen LogP contribution in [0.3, 0.4) is 0 Å². The Labute approximate surface area is 137 Å². The molecule has 7 heteroatoms. The zero-order chi connectivity index (χ0) is 17.1. The minimum Gasteiger partial charge on any atom is -0.445 e. The fourth-order valence-corrected chi connectivity index (χ4v) is 4.43. The minimum atomic E-state index is -3.14. The monoisotopic (exact) mass is 341 g/mol. The molecule has 1 aromatic carbocycles. The van der Waals surface area contributed by atoms with E-state index in [1.54, 1.807) is 13.8 Å². The van der Waals surface area contributed by atoms with Crippen molar-refractivity contribution in [2.75, 3.05) is 18.1 Å². The van der Waals surface area contributed by atoms with Gasteiger partial charge in [0.2, 0.25) is 0 Å². The SMILES string of the molecule is CC(C)(CO)N(C(=O)OCc1ccccc1)C1CCS(=O)(=O)C1. The van der Waals surface area contributed by atoms with Crippen LogP contribution in [-0.4, -0.2) is 54.2 Å². The van der Waals surface area contributed by atoms with Gasteiger partial charge < -0.3 is 9.84 Å². The van der Waals surface area contributed by atoms with Gasteiger partial charge in [-0.3, -0.25) is 4.90 Å². The highest BCUT2D eigenvalue weighted by atomic mass is 32.2. The summed E-state index contributed by atoms with van der Waals surface area (Å²) in [5.41, 5.74) is -0.0418. The Morgan fingerprint density at radius 1 is 1.35 bits per heavy atom. The van der Waals surface area contributed by atoms with E-state index in [0.717, 1.165) is 5.56 Å². The van der Waals surface area contributed by atoms with Crippen LogP contribution in [-0.2, 0) is 21.2 Å². The number of carbonyl (C=O) groups excluding carboxylic acids is 1. The van der Waals surface area contributed by atoms with Crippen LogP contribution in [0.4, 0.5) is 4.79 Å². The van der Waals surface area contributed by atoms with Crippen molar-refractivity contribution < 1.29 is 23.1 Å². The Morgan fingerprint density at radius 2 is 2.00 bits per heavy atom. The van der Waals surface area contributed by atoms with E-state index in [4.69, 9.17) is 4.74 Å². The van der Waals surface area contributed by atoms with E-state index in [2.05, 4.69) is 0 Å². The van der Waals surface area contributed by atoms with Crippen LogP contribution in [0.25, 0.3) is 0 Å². The molecule has 1 saturated heterocycles. The molecule has 0 bridgehead atoms. The van der Waals surface area contributed by atoms with Gasteiger partial charge in [-0.2, -0.15) is 0 Å². The maximum Gasteiger partial charge on any atom is 0.410 e. The van der Waals surface area contributed by atoms with Crippen LogP contribution in [0.5, 0.6) is 0 Å². The van der Waals surface area contributed by atoms with Crippen molar-refractivity contribution in [3.8, 4) is 0 Å². The Morgan fingerprint density at radius 3 is 2.52 bits per heavy atom. The first kappa shape index (κ1) is 17.7. The lowest BCUT2D eigenvalue weighted by Gasteiger charge is -2.40. The summed E-state index contributed by atoms with van der Waals surface area (Å²) >= 11 is 0. The third-order valence-electron chi connectivity index (χ3n) is 4.01. The van der Waals surface area contributed by atoms with Gasteiger partial charge in [-0.05, 0) is 25.8 Å². The molecule has 23 heavy (non-hydrogen) atoms. The molecular formula is C16H23NO5S. The van der Waals surface area contributed by atoms with E-state index in [-0.39, 0.29) is 24.7 Å². The minimum absolute atomic E-state index is 0.0572. The summed E-state index contributed by atoms with van der Waals surface area (Å²) in [6.45, 7) is 3.23. The topological polar surface area (TPSA) is 83.9 Å². The van der Waals surface area contributed by atoms with E-state index in [1.165, 1.54) is 4.90 Å². The van der Waals surface area contributed by atoms with Gasteiger partial charge in [0.25, 0.3) is 0 Å². The molecule has 6 nitrogen and oxygen atoms in total. The zero-order valence-corrected chi connectivity index (χ0v) is 14.3. The fraction of sp³-hybridized carbons (Fsp3) is 0.562. The number of hydrogen-bond donors (Lipinski definition) is 1. The smallest absolute Gasteiger partial charge is 0.410 e. The number of sulfone groups is 1. The summed E-state index contributed by atoms with van der Waals surface area (Å²) in [4.78, 5) is 13.9. The first-order valence-corrected chi connectivity index (χ1v) is 9.38. The summed E-state index contributed by atoms with van der Waals surface area (Å²) < 4.78 is 28.8. The van der Waals surface area contributed by atoms with Crippen LogP contribution in [0.1, 0.15) is 25.8 Å². The number of amides is 1. The average Bonchev–Trinajstić information content (AvgIpc) is 2.85. The van der Waals surface area contributed by atoms with Crippen molar-refractivity contribution in [3.63, 3.8) is 0 Å². The molecule has 0 saturated carbocycles. The predicted octanol–water partition coefficient (Wildman–Crippen LogP) is 1.58. The summed E-state index contributed by atoms with van der Waals surface area (Å²) in [5, 5.41) is 9.59. The van der Waals surface area contributed by atoms with Crippen molar-refractivity contribution in [1.82, 2.24) is 4.90 Å². The van der Waals surface area contributed by atoms with Crippen molar-refractivity contribution in [3.05, 3.63) is 35.9 Å². The lowest BCUT2D eigenvalue weighted by molar-refractivity contribution is 0.0138. The molecule has 1 heterocycles. The molecule has 128 valence electrons. The number of carbonyl (C=O) groups is 1. The van der Waals surface area contributed by atoms with E-state index >= 15 is 0 Å². The van der Waals surface area contributed by atoms with Gasteiger partial charge >= 0.3 is 6.09 Å². The molecule has 1 fully saturated rings. The molecule has 0 spiro atoms. The summed E-state index contributed by atoms with van der Waals surface area (Å²) in [6.07, 6.45) is -0.235. The van der Waals surface area contributed by atoms with Crippen LogP contribution in [0.2, 0.25) is 0 Å². The van der Waals surface area contributed by atoms with Crippen molar-refractivity contribution in [2.24, 2.45) is 0 Å². The molecule has 0 radical (unpaired) electrons. The normalized spacial score (nSPS) is 20.2. The highest BCUT2D eigenvalue weighted by Gasteiger charge is 2.42. The molecule has 1 amide bonds. The average molecular weight is 341 g/mol. The standard InChI is InChI=1S/C16H23NO5S/c1-16(2,12-18)17(14-8-9-23(20,21)11-14)15(19)22-10-13-6-4-3-5-7-13/h3-7,14,18H,8-12H2,1-2H3. The molecule has 0 aliphatic carbocycles. The lowest BCUT2D eigenvalue weighted by atomic mass is 10.0. The summed E-state index contributed by atoms with van der Waals surface area (Å²) in [7, 11) is -3.14. The number of aliphatic hydroxyl groups excluding tert-OH is 1. The quantitative estimate of drug-likeness (QED) is 0.879. The molecule has 0 aromatic heterocycles. The highest BCUT2D eigenvalue weighted by Crippen LogP contribution is 2.26. The van der Waals surface area contributed by atoms with Gasteiger partial charge in [0.15, 0.2) is 9.84 Å². The van der Waals surface area contributed by atoms with Crippen LogP contribution >= 0.6 is 0 Å². The van der Waals surface area contributed by atoms with Gasteiger partial charge in [-0.1, -0.05) is 30.3 Å². The van der Waals surface area contributed by atoms with Crippen molar-refractivity contribution in [1.29, 1.82) is 0 Å². The Kier molecular flexibility index (Phi) is 5.31. The van der Waals surface area contributed by atoms with Crippen LogP contribution < -0.4 is 0 Å². The second-order valence-electron chi connectivity index (χ2n) is 6.44. The summed E-state index contributed by atoms with van der Waals surface area (Å²) in [6, 6.07) is 8.79. The van der Waals surface area contributed by atoms with Gasteiger partial charge in [0, 0.05) is 0 Å². The molecule has 1 aromatic rings. The van der Waals surface area contributed by atoms with E-state index in [9.17, 15) is 18.3 Å². The third kappa shape index (κ3) is 4.45. The Balaban J connectivity index is 2.12. The maximum absolute atomic E-state index is 12.5. The van der Waals surface area contributed by atoms with Crippen molar-refractivity contribution in [2.45, 2.75) is 38.5 Å². The van der Waals surface area contributed by atoms with Crippen molar-refractivity contribution >= 4 is 15.9 Å². The molecule has 1 unspecified atom stereocenters. The van der Waals surface area contributed by atoms with Gasteiger partial charge in [0.05, 0.1) is 29.7 Å². The van der Waals surface area contributed by atoms with Crippen LogP contribution in [0.15, 0.2) is 30.3 Å². The number of ether oxygens (including phenoxy) is 1. The Bertz CT molecular complexity index is 642. The fourth-order valence-electron chi connectivity index (χ4n) is 2.73. The molecule has 1 aliphatic rings. The highest BCUT2D eigenvalue weighted by molar-refractivity contribution is 7.91. The largest absolute Gasteiger partial charge is 0.445 e. The lowest BCUT2D eigenvalue weighted by Crippen LogP contribution is -2.55. The van der Waals surface area contributed by atoms with Gasteiger partial charge in [0.1, 0.15) is 6.61 Å². The first-order valence-electron chi connectivity index (χ1n) is 7.56. The molecule has 1 atom stereocenters. The zero-order valence-electron chi connectivity index (χ0n) is 13.4.